The molecule has 0 saturated heterocycles. The Morgan fingerprint density at radius 1 is 1.42 bits per heavy atom. The minimum Gasteiger partial charge on any atom is -0.340 e. The molecule has 2 nitrogen and oxygen atoms in total. The van der Waals surface area contributed by atoms with Crippen LogP contribution in [0.1, 0.15) is 20.8 Å². The summed E-state index contributed by atoms with van der Waals surface area (Å²) in [7, 11) is 1.39. The van der Waals surface area contributed by atoms with Crippen molar-refractivity contribution in [3.05, 3.63) is 0 Å². The molecule has 72 valence electrons. The normalized spacial score (nSPS) is 11.9. The van der Waals surface area contributed by atoms with Gasteiger partial charge in [0.25, 0.3) is 6.43 Å². The lowest BCUT2D eigenvalue weighted by atomic mass is 9.95. The summed E-state index contributed by atoms with van der Waals surface area (Å²) in [5.41, 5.74) is -0.580. The number of halogens is 2. The molecule has 0 rings (SSSR count). The van der Waals surface area contributed by atoms with E-state index in [1.165, 1.54) is 7.05 Å². The Kier molecular flexibility index (Phi) is 3.61. The fourth-order valence-electron chi connectivity index (χ4n) is 0.863. The standard InChI is InChI=1S/C8H15F2NO/c1-8(2,3)7(12)11(4)5-6(9)10/h6H,5H2,1-4H3. The van der Waals surface area contributed by atoms with E-state index in [0.717, 1.165) is 4.90 Å². The molecule has 0 aliphatic carbocycles. The highest BCUT2D eigenvalue weighted by Gasteiger charge is 2.26. The Morgan fingerprint density at radius 3 is 2.08 bits per heavy atom. The fraction of sp³-hybridized carbons (Fsp3) is 0.875. The van der Waals surface area contributed by atoms with Crippen molar-refractivity contribution in [3.63, 3.8) is 0 Å². The predicted molar refractivity (Wildman–Crippen MR) is 43.1 cm³/mol. The van der Waals surface area contributed by atoms with Gasteiger partial charge in [-0.3, -0.25) is 4.79 Å². The number of rotatable bonds is 2. The van der Waals surface area contributed by atoms with Crippen LogP contribution in [0.5, 0.6) is 0 Å². The van der Waals surface area contributed by atoms with E-state index in [9.17, 15) is 13.6 Å². The Balaban J connectivity index is 4.12. The van der Waals surface area contributed by atoms with Gasteiger partial charge in [-0.1, -0.05) is 20.8 Å². The van der Waals surface area contributed by atoms with Crippen molar-refractivity contribution in [2.45, 2.75) is 27.2 Å². The third kappa shape index (κ3) is 3.64. The maximum Gasteiger partial charge on any atom is 0.255 e. The van der Waals surface area contributed by atoms with Gasteiger partial charge in [0.05, 0.1) is 6.54 Å². The molecule has 0 unspecified atom stereocenters. The second-order valence-corrected chi connectivity index (χ2v) is 3.83. The Morgan fingerprint density at radius 2 is 1.83 bits per heavy atom. The molecule has 0 bridgehead atoms. The zero-order valence-electron chi connectivity index (χ0n) is 7.90. The maximum absolute atomic E-state index is 11.8. The Hall–Kier alpha value is -0.670. The molecule has 0 aliphatic rings. The molecular formula is C8H15F2NO. The molecule has 0 fully saturated rings. The van der Waals surface area contributed by atoms with Crippen LogP contribution in [0.15, 0.2) is 0 Å². The van der Waals surface area contributed by atoms with E-state index in [0.29, 0.717) is 0 Å². The van der Waals surface area contributed by atoms with Gasteiger partial charge in [0, 0.05) is 12.5 Å². The predicted octanol–water partition coefficient (Wildman–Crippen LogP) is 1.76. The van der Waals surface area contributed by atoms with Crippen LogP contribution in [0.2, 0.25) is 0 Å². The van der Waals surface area contributed by atoms with E-state index < -0.39 is 18.4 Å². The summed E-state index contributed by atoms with van der Waals surface area (Å²) in [6.07, 6.45) is -2.46. The van der Waals surface area contributed by atoms with Gasteiger partial charge < -0.3 is 4.90 Å². The van der Waals surface area contributed by atoms with Crippen molar-refractivity contribution < 1.29 is 13.6 Å². The van der Waals surface area contributed by atoms with Gasteiger partial charge in [-0.15, -0.1) is 0 Å². The summed E-state index contributed by atoms with van der Waals surface area (Å²) in [5, 5.41) is 0. The van der Waals surface area contributed by atoms with Crippen LogP contribution in [0.25, 0.3) is 0 Å². The molecule has 0 saturated carbocycles. The molecule has 0 atom stereocenters. The summed E-state index contributed by atoms with van der Waals surface area (Å²) >= 11 is 0. The third-order valence-corrected chi connectivity index (χ3v) is 1.40. The van der Waals surface area contributed by atoms with E-state index in [1.807, 2.05) is 0 Å². The molecule has 0 radical (unpaired) electrons. The minimum atomic E-state index is -2.46. The highest BCUT2D eigenvalue weighted by molar-refractivity contribution is 5.81. The molecule has 12 heavy (non-hydrogen) atoms. The van der Waals surface area contributed by atoms with E-state index in [1.54, 1.807) is 20.8 Å². The number of amides is 1. The highest BCUT2D eigenvalue weighted by atomic mass is 19.3. The molecule has 4 heteroatoms. The van der Waals surface area contributed by atoms with Crippen molar-refractivity contribution >= 4 is 5.91 Å². The van der Waals surface area contributed by atoms with Crippen molar-refractivity contribution in [3.8, 4) is 0 Å². The van der Waals surface area contributed by atoms with Gasteiger partial charge in [0.15, 0.2) is 0 Å². The Bertz CT molecular complexity index is 163. The quantitative estimate of drug-likeness (QED) is 0.632. The first-order chi connectivity index (χ1) is 5.25. The molecular weight excluding hydrogens is 164 g/mol. The zero-order chi connectivity index (χ0) is 9.94. The van der Waals surface area contributed by atoms with Crippen LogP contribution in [-0.4, -0.2) is 30.8 Å². The molecule has 0 aromatic heterocycles. The van der Waals surface area contributed by atoms with Crippen molar-refractivity contribution in [1.29, 1.82) is 0 Å². The molecule has 0 spiro atoms. The number of alkyl halides is 2. The summed E-state index contributed by atoms with van der Waals surface area (Å²) in [6.45, 7) is 4.63. The molecule has 0 aliphatic heterocycles. The average molecular weight is 179 g/mol. The molecule has 1 amide bonds. The van der Waals surface area contributed by atoms with E-state index >= 15 is 0 Å². The summed E-state index contributed by atoms with van der Waals surface area (Å²) in [4.78, 5) is 12.4. The van der Waals surface area contributed by atoms with Crippen LogP contribution >= 0.6 is 0 Å². The number of nitrogens with zero attached hydrogens (tertiary/aromatic N) is 1. The van der Waals surface area contributed by atoms with Gasteiger partial charge in [-0.2, -0.15) is 0 Å². The van der Waals surface area contributed by atoms with Gasteiger partial charge in [0.1, 0.15) is 0 Å². The number of carbonyl (C=O) groups excluding carboxylic acids is 1. The van der Waals surface area contributed by atoms with Crippen LogP contribution in [-0.2, 0) is 4.79 Å². The summed E-state index contributed by atoms with van der Waals surface area (Å²) < 4.78 is 23.7. The van der Waals surface area contributed by atoms with E-state index in [4.69, 9.17) is 0 Å². The van der Waals surface area contributed by atoms with Crippen LogP contribution in [0.3, 0.4) is 0 Å². The monoisotopic (exact) mass is 179 g/mol. The lowest BCUT2D eigenvalue weighted by molar-refractivity contribution is -0.139. The number of hydrogen-bond donors (Lipinski definition) is 0. The minimum absolute atomic E-state index is 0.261. The third-order valence-electron chi connectivity index (χ3n) is 1.40. The average Bonchev–Trinajstić information content (AvgIpc) is 1.82. The Labute approximate surface area is 71.5 Å². The SMILES string of the molecule is CN(CC(F)F)C(=O)C(C)(C)C. The van der Waals surface area contributed by atoms with Gasteiger partial charge in [-0.25, -0.2) is 8.78 Å². The topological polar surface area (TPSA) is 20.3 Å². The van der Waals surface area contributed by atoms with Gasteiger partial charge >= 0.3 is 0 Å². The number of hydrogen-bond acceptors (Lipinski definition) is 1. The largest absolute Gasteiger partial charge is 0.340 e. The zero-order valence-corrected chi connectivity index (χ0v) is 7.90. The van der Waals surface area contributed by atoms with Crippen molar-refractivity contribution in [1.82, 2.24) is 4.90 Å². The molecule has 0 heterocycles. The van der Waals surface area contributed by atoms with Gasteiger partial charge in [-0.05, 0) is 0 Å². The van der Waals surface area contributed by atoms with Crippen LogP contribution in [0, 0.1) is 5.41 Å². The first-order valence-electron chi connectivity index (χ1n) is 3.79. The maximum atomic E-state index is 11.8. The summed E-state index contributed by atoms with van der Waals surface area (Å²) in [5.74, 6) is -0.261. The van der Waals surface area contributed by atoms with E-state index in [2.05, 4.69) is 0 Å². The smallest absolute Gasteiger partial charge is 0.255 e. The lowest BCUT2D eigenvalue weighted by Crippen LogP contribution is -2.39. The molecule has 0 N–H and O–H groups in total. The molecule has 0 aromatic rings. The van der Waals surface area contributed by atoms with Crippen LogP contribution in [0.4, 0.5) is 8.78 Å². The molecule has 0 aromatic carbocycles. The lowest BCUT2D eigenvalue weighted by Gasteiger charge is -2.25. The van der Waals surface area contributed by atoms with Crippen molar-refractivity contribution in [2.24, 2.45) is 5.41 Å². The summed E-state index contributed by atoms with van der Waals surface area (Å²) in [6, 6.07) is 0. The first kappa shape index (κ1) is 11.3. The van der Waals surface area contributed by atoms with Crippen molar-refractivity contribution in [2.75, 3.05) is 13.6 Å². The second kappa shape index (κ2) is 3.83. The van der Waals surface area contributed by atoms with Gasteiger partial charge in [0.2, 0.25) is 5.91 Å². The van der Waals surface area contributed by atoms with E-state index in [-0.39, 0.29) is 5.91 Å². The van der Waals surface area contributed by atoms with Crippen LogP contribution < -0.4 is 0 Å². The highest BCUT2D eigenvalue weighted by Crippen LogP contribution is 2.16. The number of carbonyl (C=O) groups is 1. The second-order valence-electron chi connectivity index (χ2n) is 3.83. The first-order valence-corrected chi connectivity index (χ1v) is 3.79. The fourth-order valence-corrected chi connectivity index (χ4v) is 0.863.